The number of hydrogen-bond donors (Lipinski definition) is 2. The van der Waals surface area contributed by atoms with E-state index in [2.05, 4.69) is 20.2 Å². The van der Waals surface area contributed by atoms with Crippen molar-refractivity contribution in [1.29, 1.82) is 0 Å². The van der Waals surface area contributed by atoms with Gasteiger partial charge < -0.3 is 15.3 Å². The third kappa shape index (κ3) is 4.32. The average Bonchev–Trinajstić information content (AvgIpc) is 2.67. The monoisotopic (exact) mass is 340 g/mol. The van der Waals surface area contributed by atoms with Gasteiger partial charge in [-0.15, -0.1) is 0 Å². The van der Waals surface area contributed by atoms with Crippen molar-refractivity contribution in [2.45, 2.75) is 19.4 Å². The van der Waals surface area contributed by atoms with E-state index in [0.29, 0.717) is 6.54 Å². The largest absolute Gasteiger partial charge is 0.478 e. The zero-order valence-corrected chi connectivity index (χ0v) is 13.8. The fourth-order valence-electron chi connectivity index (χ4n) is 2.91. The molecule has 0 atom stereocenters. The Morgan fingerprint density at radius 2 is 2.00 bits per heavy atom. The number of carbonyl (C=O) groups excluding carboxylic acids is 1. The number of amides is 1. The Bertz CT molecular complexity index is 726. The number of anilines is 1. The van der Waals surface area contributed by atoms with Gasteiger partial charge in [0.05, 0.1) is 5.56 Å². The highest BCUT2D eigenvalue weighted by Gasteiger charge is 2.25. The summed E-state index contributed by atoms with van der Waals surface area (Å²) in [7, 11) is 0. The van der Waals surface area contributed by atoms with Crippen molar-refractivity contribution in [1.82, 2.24) is 15.3 Å². The fraction of sp³-hybridized carbons (Fsp3) is 0.333. The lowest BCUT2D eigenvalue weighted by Gasteiger charge is -2.32. The van der Waals surface area contributed by atoms with Gasteiger partial charge in [0.25, 0.3) is 0 Å². The summed E-state index contributed by atoms with van der Waals surface area (Å²) in [4.78, 5) is 33.5. The summed E-state index contributed by atoms with van der Waals surface area (Å²) in [6.45, 7) is 1.94. The first kappa shape index (κ1) is 16.9. The van der Waals surface area contributed by atoms with Crippen LogP contribution in [0.3, 0.4) is 0 Å². The molecule has 7 heteroatoms. The fourth-order valence-corrected chi connectivity index (χ4v) is 2.91. The van der Waals surface area contributed by atoms with Crippen molar-refractivity contribution in [2.24, 2.45) is 5.92 Å². The molecule has 3 rings (SSSR count). The highest BCUT2D eigenvalue weighted by Crippen LogP contribution is 2.22. The maximum absolute atomic E-state index is 12.3. The Morgan fingerprint density at radius 1 is 1.20 bits per heavy atom. The van der Waals surface area contributed by atoms with Gasteiger partial charge in [-0.1, -0.05) is 6.07 Å². The number of rotatable bonds is 5. The number of aromatic carboxylic acids is 1. The summed E-state index contributed by atoms with van der Waals surface area (Å²) in [5.41, 5.74) is 1.16. The van der Waals surface area contributed by atoms with Crippen molar-refractivity contribution in [2.75, 3.05) is 18.0 Å². The minimum atomic E-state index is -0.983. The zero-order valence-electron chi connectivity index (χ0n) is 13.8. The molecule has 2 N–H and O–H groups in total. The molecule has 7 nitrogen and oxygen atoms in total. The summed E-state index contributed by atoms with van der Waals surface area (Å²) in [5, 5.41) is 11.9. The second-order valence-electron chi connectivity index (χ2n) is 6.05. The molecule has 0 bridgehead atoms. The van der Waals surface area contributed by atoms with Crippen LogP contribution in [0, 0.1) is 5.92 Å². The summed E-state index contributed by atoms with van der Waals surface area (Å²) in [6.07, 6.45) is 6.32. The Morgan fingerprint density at radius 3 is 2.60 bits per heavy atom. The van der Waals surface area contributed by atoms with E-state index in [0.717, 1.165) is 37.3 Å². The molecule has 130 valence electrons. The molecule has 1 amide bonds. The van der Waals surface area contributed by atoms with Gasteiger partial charge in [0.2, 0.25) is 5.91 Å². The smallest absolute Gasteiger partial charge is 0.337 e. The number of piperidine rings is 1. The van der Waals surface area contributed by atoms with Crippen LogP contribution in [0.4, 0.5) is 5.82 Å². The van der Waals surface area contributed by atoms with Crippen LogP contribution in [0.2, 0.25) is 0 Å². The number of nitrogens with zero attached hydrogens (tertiary/aromatic N) is 3. The lowest BCUT2D eigenvalue weighted by Crippen LogP contribution is -2.40. The van der Waals surface area contributed by atoms with Crippen molar-refractivity contribution in [3.63, 3.8) is 0 Å². The molecule has 1 fully saturated rings. The van der Waals surface area contributed by atoms with Gasteiger partial charge in [-0.25, -0.2) is 9.78 Å². The van der Waals surface area contributed by atoms with E-state index >= 15 is 0 Å². The van der Waals surface area contributed by atoms with Crippen LogP contribution >= 0.6 is 0 Å². The molecule has 2 aromatic heterocycles. The highest BCUT2D eigenvalue weighted by atomic mass is 16.4. The molecule has 0 saturated carbocycles. The number of aromatic nitrogens is 2. The van der Waals surface area contributed by atoms with Gasteiger partial charge in [0.15, 0.2) is 0 Å². The molecule has 0 aliphatic carbocycles. The van der Waals surface area contributed by atoms with E-state index in [1.165, 1.54) is 6.20 Å². The van der Waals surface area contributed by atoms with E-state index in [9.17, 15) is 9.59 Å². The van der Waals surface area contributed by atoms with Crippen molar-refractivity contribution in [3.05, 3.63) is 54.0 Å². The number of carboxylic acids is 1. The van der Waals surface area contributed by atoms with Crippen LogP contribution in [0.25, 0.3) is 0 Å². The van der Waals surface area contributed by atoms with Crippen LogP contribution in [-0.2, 0) is 11.3 Å². The minimum Gasteiger partial charge on any atom is -0.478 e. The molecule has 1 aliphatic rings. The van der Waals surface area contributed by atoms with Gasteiger partial charge in [-0.3, -0.25) is 9.78 Å². The van der Waals surface area contributed by atoms with Crippen LogP contribution in [0.15, 0.2) is 42.9 Å². The van der Waals surface area contributed by atoms with E-state index in [1.54, 1.807) is 24.5 Å². The molecular formula is C18H20N4O3. The Balaban J connectivity index is 1.49. The lowest BCUT2D eigenvalue weighted by atomic mass is 9.96. The number of pyridine rings is 2. The molecule has 1 aliphatic heterocycles. The average molecular weight is 340 g/mol. The third-order valence-electron chi connectivity index (χ3n) is 4.37. The van der Waals surface area contributed by atoms with E-state index in [4.69, 9.17) is 5.11 Å². The summed E-state index contributed by atoms with van der Waals surface area (Å²) < 4.78 is 0. The van der Waals surface area contributed by atoms with Crippen LogP contribution in [0.5, 0.6) is 0 Å². The standard InChI is InChI=1S/C18H20N4O3/c23-17(21-11-13-2-1-7-19-10-13)14-5-8-22(9-6-14)16-4-3-15(12-20-16)18(24)25/h1-4,7,10,12,14H,5-6,8-9,11H2,(H,21,23)(H,24,25). The first-order valence-corrected chi connectivity index (χ1v) is 8.24. The van der Waals surface area contributed by atoms with E-state index < -0.39 is 5.97 Å². The Labute approximate surface area is 145 Å². The number of nitrogens with one attached hydrogen (secondary N) is 1. The van der Waals surface area contributed by atoms with E-state index in [1.807, 2.05) is 12.1 Å². The van der Waals surface area contributed by atoms with E-state index in [-0.39, 0.29) is 17.4 Å². The molecule has 0 radical (unpaired) electrons. The third-order valence-corrected chi connectivity index (χ3v) is 4.37. The van der Waals surface area contributed by atoms with Crippen molar-refractivity contribution < 1.29 is 14.7 Å². The van der Waals surface area contributed by atoms with Crippen molar-refractivity contribution in [3.8, 4) is 0 Å². The molecule has 1 saturated heterocycles. The molecule has 25 heavy (non-hydrogen) atoms. The summed E-state index contributed by atoms with van der Waals surface area (Å²) in [5.74, 6) is -0.175. The minimum absolute atomic E-state index is 0.00813. The molecule has 0 spiro atoms. The quantitative estimate of drug-likeness (QED) is 0.860. The predicted octanol–water partition coefficient (Wildman–Crippen LogP) is 1.71. The Hall–Kier alpha value is -2.96. The van der Waals surface area contributed by atoms with Crippen LogP contribution in [-0.4, -0.2) is 40.0 Å². The van der Waals surface area contributed by atoms with Gasteiger partial charge in [-0.2, -0.15) is 0 Å². The number of carbonyl (C=O) groups is 2. The molecule has 0 unspecified atom stereocenters. The SMILES string of the molecule is O=C(O)c1ccc(N2CCC(C(=O)NCc3cccnc3)CC2)nc1. The summed E-state index contributed by atoms with van der Waals surface area (Å²) >= 11 is 0. The molecule has 3 heterocycles. The molecule has 2 aromatic rings. The van der Waals surface area contributed by atoms with Gasteiger partial charge in [0.1, 0.15) is 5.82 Å². The second-order valence-corrected chi connectivity index (χ2v) is 6.05. The topological polar surface area (TPSA) is 95.4 Å². The van der Waals surface area contributed by atoms with Crippen LogP contribution < -0.4 is 10.2 Å². The molecular weight excluding hydrogens is 320 g/mol. The second kappa shape index (κ2) is 7.74. The first-order chi connectivity index (χ1) is 12.1. The van der Waals surface area contributed by atoms with Gasteiger partial charge >= 0.3 is 5.97 Å². The number of carboxylic acid groups (broad SMARTS) is 1. The Kier molecular flexibility index (Phi) is 5.23. The van der Waals surface area contributed by atoms with Crippen LogP contribution in [0.1, 0.15) is 28.8 Å². The van der Waals surface area contributed by atoms with Crippen molar-refractivity contribution >= 4 is 17.7 Å². The normalized spacial score (nSPS) is 15.0. The number of hydrogen-bond acceptors (Lipinski definition) is 5. The summed E-state index contributed by atoms with van der Waals surface area (Å²) in [6, 6.07) is 7.05. The highest BCUT2D eigenvalue weighted by molar-refractivity contribution is 5.87. The maximum Gasteiger partial charge on any atom is 0.337 e. The first-order valence-electron chi connectivity index (χ1n) is 8.24. The lowest BCUT2D eigenvalue weighted by molar-refractivity contribution is -0.125. The zero-order chi connectivity index (χ0) is 17.6. The molecule has 0 aromatic carbocycles. The predicted molar refractivity (Wildman–Crippen MR) is 92.2 cm³/mol. The van der Waals surface area contributed by atoms with Gasteiger partial charge in [-0.05, 0) is 36.6 Å². The maximum atomic E-state index is 12.3. The van der Waals surface area contributed by atoms with Gasteiger partial charge in [0, 0.05) is 44.1 Å².